The van der Waals surface area contributed by atoms with Crippen LogP contribution in [0.2, 0.25) is 0 Å². The number of hydrogen-bond acceptors (Lipinski definition) is 1. The molecule has 1 fully saturated rings. The Bertz CT molecular complexity index is 686. The van der Waals surface area contributed by atoms with Gasteiger partial charge in [0, 0.05) is 11.1 Å². The summed E-state index contributed by atoms with van der Waals surface area (Å²) in [5.74, 6) is 0.663. The summed E-state index contributed by atoms with van der Waals surface area (Å²) in [6, 6.07) is 19.7. The summed E-state index contributed by atoms with van der Waals surface area (Å²) in [6.45, 7) is 2.42. The van der Waals surface area contributed by atoms with Gasteiger partial charge in [-0.25, -0.2) is 0 Å². The van der Waals surface area contributed by atoms with Crippen LogP contribution in [0.15, 0.2) is 59.6 Å². The SMILES string of the molecule is CC12C(=Nc3ccccc31)CCCC2Cc1ccccc1. The van der Waals surface area contributed by atoms with Gasteiger partial charge in [0.05, 0.1) is 5.69 Å². The summed E-state index contributed by atoms with van der Waals surface area (Å²) < 4.78 is 0. The van der Waals surface area contributed by atoms with Crippen LogP contribution >= 0.6 is 0 Å². The number of aliphatic imine (C=N–C) groups is 1. The molecule has 2 aliphatic rings. The zero-order chi connectivity index (χ0) is 14.3. The van der Waals surface area contributed by atoms with Gasteiger partial charge in [0.25, 0.3) is 0 Å². The number of para-hydroxylation sites is 1. The van der Waals surface area contributed by atoms with Crippen LogP contribution in [0.4, 0.5) is 5.69 Å². The van der Waals surface area contributed by atoms with Gasteiger partial charge in [0.15, 0.2) is 0 Å². The zero-order valence-electron chi connectivity index (χ0n) is 12.5. The summed E-state index contributed by atoms with van der Waals surface area (Å²) in [4.78, 5) is 4.95. The van der Waals surface area contributed by atoms with Gasteiger partial charge in [-0.3, -0.25) is 4.99 Å². The Kier molecular flexibility index (Phi) is 2.95. The van der Waals surface area contributed by atoms with Gasteiger partial charge < -0.3 is 0 Å². The Morgan fingerprint density at radius 1 is 1.05 bits per heavy atom. The fourth-order valence-electron chi connectivity index (χ4n) is 4.21. The van der Waals surface area contributed by atoms with Gasteiger partial charge in [0.1, 0.15) is 0 Å². The molecular weight excluding hydrogens is 254 g/mol. The minimum atomic E-state index is 0.144. The predicted molar refractivity (Wildman–Crippen MR) is 88.4 cm³/mol. The van der Waals surface area contributed by atoms with Crippen molar-refractivity contribution < 1.29 is 0 Å². The summed E-state index contributed by atoms with van der Waals surface area (Å²) in [6.07, 6.45) is 4.90. The molecule has 0 aromatic heterocycles. The van der Waals surface area contributed by atoms with Crippen molar-refractivity contribution in [2.75, 3.05) is 0 Å². The average molecular weight is 275 g/mol. The fourth-order valence-corrected chi connectivity index (χ4v) is 4.21. The molecule has 21 heavy (non-hydrogen) atoms. The lowest BCUT2D eigenvalue weighted by Gasteiger charge is -2.40. The molecule has 4 rings (SSSR count). The van der Waals surface area contributed by atoms with E-state index in [0.29, 0.717) is 5.92 Å². The Labute approximate surface area is 126 Å². The van der Waals surface area contributed by atoms with Gasteiger partial charge in [-0.1, -0.05) is 48.5 Å². The van der Waals surface area contributed by atoms with Crippen molar-refractivity contribution in [3.05, 3.63) is 65.7 Å². The smallest absolute Gasteiger partial charge is 0.0670 e. The third kappa shape index (κ3) is 1.95. The van der Waals surface area contributed by atoms with Crippen LogP contribution in [0.25, 0.3) is 0 Å². The second-order valence-corrected chi connectivity index (χ2v) is 6.56. The second kappa shape index (κ2) is 4.84. The maximum atomic E-state index is 4.95. The summed E-state index contributed by atoms with van der Waals surface area (Å²) >= 11 is 0. The van der Waals surface area contributed by atoms with Crippen LogP contribution in [0.5, 0.6) is 0 Å². The van der Waals surface area contributed by atoms with Crippen molar-refractivity contribution in [3.63, 3.8) is 0 Å². The molecule has 1 nitrogen and oxygen atoms in total. The van der Waals surface area contributed by atoms with Gasteiger partial charge >= 0.3 is 0 Å². The van der Waals surface area contributed by atoms with Crippen LogP contribution in [0.3, 0.4) is 0 Å². The monoisotopic (exact) mass is 275 g/mol. The Morgan fingerprint density at radius 3 is 2.67 bits per heavy atom. The lowest BCUT2D eigenvalue weighted by molar-refractivity contribution is 0.324. The standard InChI is InChI=1S/C20H21N/c1-20-16(14-15-8-3-2-4-9-15)10-7-13-19(20)21-18-12-6-5-11-17(18)20/h2-6,8-9,11-12,16H,7,10,13-14H2,1H3. The molecule has 0 radical (unpaired) electrons. The maximum Gasteiger partial charge on any atom is 0.0670 e. The third-order valence-electron chi connectivity index (χ3n) is 5.43. The number of benzene rings is 2. The molecule has 1 aliphatic heterocycles. The molecule has 1 heteroatoms. The zero-order valence-corrected chi connectivity index (χ0v) is 12.5. The largest absolute Gasteiger partial charge is 0.257 e. The highest BCUT2D eigenvalue weighted by Gasteiger charge is 2.46. The molecule has 106 valence electrons. The van der Waals surface area contributed by atoms with E-state index in [1.54, 1.807) is 0 Å². The molecule has 2 atom stereocenters. The van der Waals surface area contributed by atoms with Crippen molar-refractivity contribution in [3.8, 4) is 0 Å². The molecule has 0 bridgehead atoms. The highest BCUT2D eigenvalue weighted by molar-refractivity contribution is 6.02. The van der Waals surface area contributed by atoms with Gasteiger partial charge in [-0.2, -0.15) is 0 Å². The molecule has 2 aromatic rings. The van der Waals surface area contributed by atoms with Crippen LogP contribution < -0.4 is 0 Å². The predicted octanol–water partition coefficient (Wildman–Crippen LogP) is 5.07. The van der Waals surface area contributed by atoms with E-state index in [0.717, 1.165) is 12.8 Å². The number of hydrogen-bond donors (Lipinski definition) is 0. The molecule has 0 amide bonds. The lowest BCUT2D eigenvalue weighted by Crippen LogP contribution is -2.42. The summed E-state index contributed by atoms with van der Waals surface area (Å²) in [7, 11) is 0. The molecule has 0 N–H and O–H groups in total. The van der Waals surface area contributed by atoms with Gasteiger partial charge in [-0.15, -0.1) is 0 Å². The van der Waals surface area contributed by atoms with Crippen LogP contribution in [0.1, 0.15) is 37.3 Å². The summed E-state index contributed by atoms with van der Waals surface area (Å²) in [5.41, 5.74) is 5.66. The second-order valence-electron chi connectivity index (χ2n) is 6.56. The molecule has 0 spiro atoms. The molecular formula is C20H21N. The van der Waals surface area contributed by atoms with Crippen molar-refractivity contribution in [2.45, 2.75) is 38.0 Å². The molecule has 1 heterocycles. The van der Waals surface area contributed by atoms with Crippen LogP contribution in [-0.2, 0) is 11.8 Å². The first-order chi connectivity index (χ1) is 10.3. The third-order valence-corrected chi connectivity index (χ3v) is 5.43. The molecule has 2 unspecified atom stereocenters. The van der Waals surface area contributed by atoms with E-state index < -0.39 is 0 Å². The van der Waals surface area contributed by atoms with E-state index in [1.807, 2.05) is 0 Å². The Morgan fingerprint density at radius 2 is 1.81 bits per heavy atom. The van der Waals surface area contributed by atoms with Crippen molar-refractivity contribution in [1.82, 2.24) is 0 Å². The molecule has 0 saturated heterocycles. The topological polar surface area (TPSA) is 12.4 Å². The fraction of sp³-hybridized carbons (Fsp3) is 0.350. The molecule has 2 aromatic carbocycles. The van der Waals surface area contributed by atoms with Gasteiger partial charge in [0.2, 0.25) is 0 Å². The number of fused-ring (bicyclic) bond motifs is 3. The average Bonchev–Trinajstić information content (AvgIpc) is 2.83. The van der Waals surface area contributed by atoms with Crippen molar-refractivity contribution in [2.24, 2.45) is 10.9 Å². The first kappa shape index (κ1) is 12.8. The summed E-state index contributed by atoms with van der Waals surface area (Å²) in [5, 5.41) is 0. The Balaban J connectivity index is 1.74. The van der Waals surface area contributed by atoms with Crippen LogP contribution in [-0.4, -0.2) is 5.71 Å². The maximum absolute atomic E-state index is 4.95. The van der Waals surface area contributed by atoms with E-state index in [4.69, 9.17) is 4.99 Å². The highest BCUT2D eigenvalue weighted by Crippen LogP contribution is 2.50. The van der Waals surface area contributed by atoms with Crippen molar-refractivity contribution in [1.29, 1.82) is 0 Å². The molecule has 1 aliphatic carbocycles. The number of rotatable bonds is 2. The first-order valence-corrected chi connectivity index (χ1v) is 8.00. The minimum absolute atomic E-state index is 0.144. The van der Waals surface area contributed by atoms with E-state index >= 15 is 0 Å². The normalized spacial score (nSPS) is 26.9. The molecule has 1 saturated carbocycles. The first-order valence-electron chi connectivity index (χ1n) is 8.00. The van der Waals surface area contributed by atoms with Crippen molar-refractivity contribution >= 4 is 11.4 Å². The van der Waals surface area contributed by atoms with E-state index in [2.05, 4.69) is 61.5 Å². The minimum Gasteiger partial charge on any atom is -0.257 e. The van der Waals surface area contributed by atoms with E-state index in [-0.39, 0.29) is 5.41 Å². The highest BCUT2D eigenvalue weighted by atomic mass is 14.8. The van der Waals surface area contributed by atoms with Crippen LogP contribution in [0, 0.1) is 5.92 Å². The van der Waals surface area contributed by atoms with Gasteiger partial charge in [-0.05, 0) is 55.7 Å². The number of nitrogens with zero attached hydrogens (tertiary/aromatic N) is 1. The van der Waals surface area contributed by atoms with E-state index in [9.17, 15) is 0 Å². The lowest BCUT2D eigenvalue weighted by atomic mass is 9.62. The quantitative estimate of drug-likeness (QED) is 0.725. The van der Waals surface area contributed by atoms with E-state index in [1.165, 1.54) is 35.4 Å². The Hall–Kier alpha value is -1.89.